The lowest BCUT2D eigenvalue weighted by Gasteiger charge is -2.32. The van der Waals surface area contributed by atoms with Crippen LogP contribution in [0.5, 0.6) is 0 Å². The molecule has 0 aromatic heterocycles. The normalized spacial score (nSPS) is 15.0. The van der Waals surface area contributed by atoms with E-state index >= 15 is 0 Å². The minimum atomic E-state index is -0.0891. The summed E-state index contributed by atoms with van der Waals surface area (Å²) in [5, 5.41) is 5.78. The Labute approximate surface area is 179 Å². The first-order chi connectivity index (χ1) is 14.5. The van der Waals surface area contributed by atoms with E-state index in [0.717, 1.165) is 68.1 Å². The first-order valence-electron chi connectivity index (χ1n) is 10.7. The summed E-state index contributed by atoms with van der Waals surface area (Å²) in [7, 11) is 2.16. The van der Waals surface area contributed by atoms with Crippen LogP contribution in [0.3, 0.4) is 0 Å². The van der Waals surface area contributed by atoms with Crippen LogP contribution < -0.4 is 10.6 Å². The van der Waals surface area contributed by atoms with E-state index in [2.05, 4.69) is 27.5 Å². The molecule has 1 heterocycles. The van der Waals surface area contributed by atoms with Gasteiger partial charge in [-0.2, -0.15) is 0 Å². The number of rotatable bonds is 8. The molecular formula is C24H32N4O2. The van der Waals surface area contributed by atoms with E-state index < -0.39 is 0 Å². The number of piperazine rings is 1. The van der Waals surface area contributed by atoms with Crippen LogP contribution >= 0.6 is 0 Å². The highest BCUT2D eigenvalue weighted by Gasteiger charge is 2.13. The van der Waals surface area contributed by atoms with Gasteiger partial charge in [-0.3, -0.25) is 9.59 Å². The van der Waals surface area contributed by atoms with Crippen LogP contribution in [0.15, 0.2) is 48.5 Å². The van der Waals surface area contributed by atoms with Crippen molar-refractivity contribution in [3.05, 3.63) is 48.5 Å². The van der Waals surface area contributed by atoms with E-state index in [0.29, 0.717) is 6.42 Å². The highest BCUT2D eigenvalue weighted by atomic mass is 16.2. The van der Waals surface area contributed by atoms with E-state index in [-0.39, 0.29) is 11.8 Å². The summed E-state index contributed by atoms with van der Waals surface area (Å²) in [5.74, 6) is -0.0254. The lowest BCUT2D eigenvalue weighted by Crippen LogP contribution is -2.44. The zero-order valence-corrected chi connectivity index (χ0v) is 18.0. The molecule has 0 unspecified atom stereocenters. The molecule has 1 aliphatic heterocycles. The number of hydrogen-bond donors (Lipinski definition) is 2. The van der Waals surface area contributed by atoms with Crippen molar-refractivity contribution in [2.45, 2.75) is 26.2 Å². The molecule has 160 valence electrons. The largest absolute Gasteiger partial charge is 0.326 e. The maximum absolute atomic E-state index is 12.2. The smallest absolute Gasteiger partial charge is 0.224 e. The molecule has 0 saturated carbocycles. The summed E-state index contributed by atoms with van der Waals surface area (Å²) in [6, 6.07) is 15.5. The molecule has 3 rings (SSSR count). The SMILES string of the molecule is CC(=O)Nc1cccc(-c2ccc(NC(=O)CCCCN3CCN(C)CC3)cc2)c1. The third kappa shape index (κ3) is 6.97. The monoisotopic (exact) mass is 408 g/mol. The molecule has 2 aromatic carbocycles. The Balaban J connectivity index is 1.42. The molecule has 1 fully saturated rings. The Hall–Kier alpha value is -2.70. The van der Waals surface area contributed by atoms with E-state index in [1.54, 1.807) is 0 Å². The molecular weight excluding hydrogens is 376 g/mol. The fourth-order valence-corrected chi connectivity index (χ4v) is 3.64. The van der Waals surface area contributed by atoms with Crippen molar-refractivity contribution >= 4 is 23.2 Å². The van der Waals surface area contributed by atoms with Crippen molar-refractivity contribution in [1.29, 1.82) is 0 Å². The summed E-state index contributed by atoms with van der Waals surface area (Å²) in [6.45, 7) is 7.09. The van der Waals surface area contributed by atoms with E-state index in [4.69, 9.17) is 0 Å². The average Bonchev–Trinajstić information content (AvgIpc) is 2.73. The summed E-state index contributed by atoms with van der Waals surface area (Å²) in [6.07, 6.45) is 2.52. The van der Waals surface area contributed by atoms with Crippen LogP contribution in [-0.4, -0.2) is 61.4 Å². The quantitative estimate of drug-likeness (QED) is 0.654. The molecule has 2 amide bonds. The van der Waals surface area contributed by atoms with Gasteiger partial charge < -0.3 is 20.4 Å². The predicted octanol–water partition coefficient (Wildman–Crippen LogP) is 3.67. The number of hydrogen-bond acceptors (Lipinski definition) is 4. The van der Waals surface area contributed by atoms with Crippen LogP contribution in [-0.2, 0) is 9.59 Å². The molecule has 2 aromatic rings. The Morgan fingerprint density at radius 2 is 1.60 bits per heavy atom. The summed E-state index contributed by atoms with van der Waals surface area (Å²) >= 11 is 0. The Morgan fingerprint density at radius 1 is 0.867 bits per heavy atom. The van der Waals surface area contributed by atoms with Crippen molar-refractivity contribution < 1.29 is 9.59 Å². The number of benzene rings is 2. The Bertz CT molecular complexity index is 843. The fourth-order valence-electron chi connectivity index (χ4n) is 3.64. The number of nitrogens with zero attached hydrogens (tertiary/aromatic N) is 2. The molecule has 30 heavy (non-hydrogen) atoms. The van der Waals surface area contributed by atoms with Crippen molar-refractivity contribution in [2.24, 2.45) is 0 Å². The molecule has 6 heteroatoms. The number of nitrogens with one attached hydrogen (secondary N) is 2. The zero-order valence-electron chi connectivity index (χ0n) is 18.0. The first kappa shape index (κ1) is 22.0. The maximum atomic E-state index is 12.2. The van der Waals surface area contributed by atoms with E-state index in [1.807, 2.05) is 48.5 Å². The van der Waals surface area contributed by atoms with Gasteiger partial charge in [0.1, 0.15) is 0 Å². The first-order valence-corrected chi connectivity index (χ1v) is 10.7. The number of unbranched alkanes of at least 4 members (excludes halogenated alkanes) is 1. The third-order valence-corrected chi connectivity index (χ3v) is 5.41. The van der Waals surface area contributed by atoms with Gasteiger partial charge >= 0.3 is 0 Å². The van der Waals surface area contributed by atoms with Gasteiger partial charge in [-0.05, 0) is 61.8 Å². The maximum Gasteiger partial charge on any atom is 0.224 e. The van der Waals surface area contributed by atoms with Crippen molar-refractivity contribution in [2.75, 3.05) is 50.4 Å². The molecule has 0 bridgehead atoms. The van der Waals surface area contributed by atoms with Crippen LogP contribution in [0.4, 0.5) is 11.4 Å². The molecule has 1 aliphatic rings. The van der Waals surface area contributed by atoms with Crippen LogP contribution in [0.2, 0.25) is 0 Å². The van der Waals surface area contributed by atoms with Gasteiger partial charge in [0.15, 0.2) is 0 Å². The van der Waals surface area contributed by atoms with E-state index in [9.17, 15) is 9.59 Å². The van der Waals surface area contributed by atoms with E-state index in [1.165, 1.54) is 6.92 Å². The lowest BCUT2D eigenvalue weighted by molar-refractivity contribution is -0.116. The van der Waals surface area contributed by atoms with Gasteiger partial charge in [0, 0.05) is 50.9 Å². The topological polar surface area (TPSA) is 64.7 Å². The van der Waals surface area contributed by atoms with Gasteiger partial charge in [-0.1, -0.05) is 24.3 Å². The third-order valence-electron chi connectivity index (χ3n) is 5.41. The second kappa shape index (κ2) is 10.9. The van der Waals surface area contributed by atoms with Crippen molar-refractivity contribution in [1.82, 2.24) is 9.80 Å². The molecule has 6 nitrogen and oxygen atoms in total. The molecule has 0 aliphatic carbocycles. The molecule has 0 atom stereocenters. The van der Waals surface area contributed by atoms with Crippen LogP contribution in [0.1, 0.15) is 26.2 Å². The van der Waals surface area contributed by atoms with Crippen molar-refractivity contribution in [3.63, 3.8) is 0 Å². The number of carbonyl (C=O) groups is 2. The number of amides is 2. The average molecular weight is 409 g/mol. The summed E-state index contributed by atoms with van der Waals surface area (Å²) in [5.41, 5.74) is 3.63. The Morgan fingerprint density at radius 3 is 2.30 bits per heavy atom. The predicted molar refractivity (Wildman–Crippen MR) is 123 cm³/mol. The van der Waals surface area contributed by atoms with Gasteiger partial charge in [0.25, 0.3) is 0 Å². The van der Waals surface area contributed by atoms with Gasteiger partial charge in [0.05, 0.1) is 0 Å². The van der Waals surface area contributed by atoms with Crippen LogP contribution in [0, 0.1) is 0 Å². The number of anilines is 2. The second-order valence-electron chi connectivity index (χ2n) is 7.99. The Kier molecular flexibility index (Phi) is 7.99. The molecule has 1 saturated heterocycles. The highest BCUT2D eigenvalue weighted by molar-refractivity contribution is 5.91. The van der Waals surface area contributed by atoms with Gasteiger partial charge in [-0.15, -0.1) is 0 Å². The van der Waals surface area contributed by atoms with Gasteiger partial charge in [0.2, 0.25) is 11.8 Å². The standard InChI is InChI=1S/C24H32N4O2/c1-19(29)25-23-7-5-6-21(18-23)20-9-11-22(12-10-20)26-24(30)8-3-4-13-28-16-14-27(2)15-17-28/h5-7,9-12,18H,3-4,8,13-17H2,1-2H3,(H,25,29)(H,26,30). The summed E-state index contributed by atoms with van der Waals surface area (Å²) in [4.78, 5) is 28.3. The minimum absolute atomic E-state index is 0.0637. The van der Waals surface area contributed by atoms with Crippen LogP contribution in [0.25, 0.3) is 11.1 Å². The fraction of sp³-hybridized carbons (Fsp3) is 0.417. The number of carbonyl (C=O) groups excluding carboxylic acids is 2. The minimum Gasteiger partial charge on any atom is -0.326 e. The van der Waals surface area contributed by atoms with Gasteiger partial charge in [-0.25, -0.2) is 0 Å². The summed E-state index contributed by atoms with van der Waals surface area (Å²) < 4.78 is 0. The molecule has 0 spiro atoms. The van der Waals surface area contributed by atoms with Crippen molar-refractivity contribution in [3.8, 4) is 11.1 Å². The molecule has 2 N–H and O–H groups in total. The molecule has 0 radical (unpaired) electrons. The highest BCUT2D eigenvalue weighted by Crippen LogP contribution is 2.24. The second-order valence-corrected chi connectivity index (χ2v) is 7.99. The zero-order chi connectivity index (χ0) is 21.3. The number of likely N-dealkylation sites (N-methyl/N-ethyl adjacent to an activating group) is 1. The lowest BCUT2D eigenvalue weighted by atomic mass is 10.0.